The van der Waals surface area contributed by atoms with Gasteiger partial charge in [0.25, 0.3) is 0 Å². The molecule has 0 bridgehead atoms. The summed E-state index contributed by atoms with van der Waals surface area (Å²) in [5.41, 5.74) is 4.85. The first-order chi connectivity index (χ1) is 11.6. The fourth-order valence-corrected chi connectivity index (χ4v) is 3.22. The van der Waals surface area contributed by atoms with E-state index >= 15 is 0 Å². The first-order valence-corrected chi connectivity index (χ1v) is 10.4. The predicted octanol–water partition coefficient (Wildman–Crippen LogP) is 6.87. The lowest BCUT2D eigenvalue weighted by Crippen LogP contribution is -2.00. The quantitative estimate of drug-likeness (QED) is 0.319. The minimum absolute atomic E-state index is 0.660. The smallest absolute Gasteiger partial charge is 0.0649 e. The summed E-state index contributed by atoms with van der Waals surface area (Å²) in [5, 5.41) is 2.95. The molecule has 0 aliphatic rings. The predicted molar refractivity (Wildman–Crippen MR) is 113 cm³/mol. The molecule has 0 nitrogen and oxygen atoms in total. The Morgan fingerprint density at radius 2 is 1.29 bits per heavy atom. The van der Waals surface area contributed by atoms with Crippen molar-refractivity contribution in [2.24, 2.45) is 0 Å². The van der Waals surface area contributed by atoms with Crippen molar-refractivity contribution in [3.63, 3.8) is 0 Å². The summed E-state index contributed by atoms with van der Waals surface area (Å²) < 4.78 is 0. The summed E-state index contributed by atoms with van der Waals surface area (Å²) in [4.78, 5) is 0. The van der Waals surface area contributed by atoms with E-state index in [1.54, 1.807) is 0 Å². The molecule has 0 spiro atoms. The molecule has 124 valence electrons. The molecule has 0 N–H and O–H groups in total. The van der Waals surface area contributed by atoms with Crippen LogP contribution in [0.5, 0.6) is 0 Å². The number of allylic oxidation sites excluding steroid dienone is 2. The van der Waals surface area contributed by atoms with Gasteiger partial charge < -0.3 is 0 Å². The Labute approximate surface area is 170 Å². The number of hydrogen-bond acceptors (Lipinski definition) is 0. The van der Waals surface area contributed by atoms with E-state index in [-0.39, 0.29) is 0 Å². The Hall–Kier alpha value is -0.720. The standard InChI is InChI=1S/C20H16Br2Cl2/c21-11-1-2-17(12-15-3-7-19(23)8-4-15)18(14-22)13-16-5-9-20(24)10-6-16/h3-10H,11-14H2/b18-17-. The molecule has 2 aromatic rings. The SMILES string of the molecule is Clc1ccc(C/C(C#CCBr)=C(\CBr)Cc2ccc(Cl)cc2)cc1. The fourth-order valence-electron chi connectivity index (χ4n) is 2.29. The van der Waals surface area contributed by atoms with E-state index in [9.17, 15) is 0 Å². The third-order valence-electron chi connectivity index (χ3n) is 3.52. The van der Waals surface area contributed by atoms with Gasteiger partial charge in [-0.05, 0) is 47.4 Å². The Morgan fingerprint density at radius 1 is 0.792 bits per heavy atom. The molecular formula is C20H16Br2Cl2. The van der Waals surface area contributed by atoms with Crippen molar-refractivity contribution in [2.75, 3.05) is 10.7 Å². The molecule has 0 amide bonds. The average molecular weight is 487 g/mol. The van der Waals surface area contributed by atoms with Crippen molar-refractivity contribution in [1.82, 2.24) is 0 Å². The maximum absolute atomic E-state index is 5.98. The molecule has 0 unspecified atom stereocenters. The molecule has 0 radical (unpaired) electrons. The Morgan fingerprint density at radius 3 is 1.75 bits per heavy atom. The van der Waals surface area contributed by atoms with Crippen LogP contribution in [0.1, 0.15) is 11.1 Å². The van der Waals surface area contributed by atoms with Gasteiger partial charge in [0, 0.05) is 27.4 Å². The lowest BCUT2D eigenvalue weighted by Gasteiger charge is -2.10. The van der Waals surface area contributed by atoms with Crippen LogP contribution in [0.2, 0.25) is 10.0 Å². The topological polar surface area (TPSA) is 0 Å². The third-order valence-corrected chi connectivity index (χ3v) is 4.98. The molecule has 0 heterocycles. The van der Waals surface area contributed by atoms with Gasteiger partial charge in [-0.25, -0.2) is 0 Å². The third kappa shape index (κ3) is 6.30. The number of rotatable bonds is 5. The summed E-state index contributed by atoms with van der Waals surface area (Å²) >= 11 is 19.0. The molecule has 0 saturated carbocycles. The fraction of sp³-hybridized carbons (Fsp3) is 0.200. The van der Waals surface area contributed by atoms with Crippen LogP contribution in [0, 0.1) is 11.8 Å². The van der Waals surface area contributed by atoms with Gasteiger partial charge in [-0.15, -0.1) is 0 Å². The molecule has 4 heteroatoms. The van der Waals surface area contributed by atoms with E-state index in [1.807, 2.05) is 36.4 Å². The van der Waals surface area contributed by atoms with E-state index in [0.29, 0.717) is 5.33 Å². The van der Waals surface area contributed by atoms with E-state index < -0.39 is 0 Å². The Kier molecular flexibility index (Phi) is 8.42. The maximum atomic E-state index is 5.98. The van der Waals surface area contributed by atoms with Crippen molar-refractivity contribution in [2.45, 2.75) is 12.8 Å². The van der Waals surface area contributed by atoms with Crippen LogP contribution in [-0.2, 0) is 12.8 Å². The number of halogens is 4. The summed E-state index contributed by atoms with van der Waals surface area (Å²) in [7, 11) is 0. The van der Waals surface area contributed by atoms with Gasteiger partial charge in [0.1, 0.15) is 0 Å². The first kappa shape index (κ1) is 19.6. The molecular weight excluding hydrogens is 471 g/mol. The van der Waals surface area contributed by atoms with Crippen LogP contribution in [-0.4, -0.2) is 10.7 Å². The molecule has 0 fully saturated rings. The molecule has 0 aliphatic carbocycles. The van der Waals surface area contributed by atoms with Gasteiger partial charge in [-0.3, -0.25) is 0 Å². The van der Waals surface area contributed by atoms with Crippen LogP contribution < -0.4 is 0 Å². The van der Waals surface area contributed by atoms with Gasteiger partial charge in [-0.2, -0.15) is 0 Å². The zero-order valence-electron chi connectivity index (χ0n) is 13.0. The highest BCUT2D eigenvalue weighted by Gasteiger charge is 2.07. The Bertz CT molecular complexity index is 751. The van der Waals surface area contributed by atoms with Gasteiger partial charge in [-0.1, -0.05) is 91.2 Å². The van der Waals surface area contributed by atoms with Crippen LogP contribution in [0.25, 0.3) is 0 Å². The van der Waals surface area contributed by atoms with Crippen molar-refractivity contribution in [1.29, 1.82) is 0 Å². The maximum Gasteiger partial charge on any atom is 0.0649 e. The highest BCUT2D eigenvalue weighted by atomic mass is 79.9. The van der Waals surface area contributed by atoms with Crippen LogP contribution in [0.4, 0.5) is 0 Å². The molecule has 2 aromatic carbocycles. The van der Waals surface area contributed by atoms with E-state index in [2.05, 4.69) is 55.8 Å². The second-order valence-corrected chi connectivity index (χ2v) is 7.25. The van der Waals surface area contributed by atoms with Gasteiger partial charge in [0.2, 0.25) is 0 Å². The zero-order valence-corrected chi connectivity index (χ0v) is 17.6. The minimum Gasteiger partial charge on any atom is -0.0879 e. The summed E-state index contributed by atoms with van der Waals surface area (Å²) in [6, 6.07) is 15.9. The highest BCUT2D eigenvalue weighted by molar-refractivity contribution is 9.09. The summed E-state index contributed by atoms with van der Waals surface area (Å²) in [5.74, 6) is 6.44. The minimum atomic E-state index is 0.660. The van der Waals surface area contributed by atoms with Crippen LogP contribution in [0.3, 0.4) is 0 Å². The number of hydrogen-bond donors (Lipinski definition) is 0. The Balaban J connectivity index is 2.31. The molecule has 0 aliphatic heterocycles. The second-order valence-electron chi connectivity index (χ2n) is 5.26. The van der Waals surface area contributed by atoms with Crippen molar-refractivity contribution < 1.29 is 0 Å². The first-order valence-electron chi connectivity index (χ1n) is 7.43. The summed E-state index contributed by atoms with van der Waals surface area (Å²) in [6.45, 7) is 0. The van der Waals surface area contributed by atoms with E-state index in [4.69, 9.17) is 23.2 Å². The van der Waals surface area contributed by atoms with Crippen molar-refractivity contribution >= 4 is 55.1 Å². The van der Waals surface area contributed by atoms with Crippen molar-refractivity contribution in [3.8, 4) is 11.8 Å². The lowest BCUT2D eigenvalue weighted by atomic mass is 9.96. The van der Waals surface area contributed by atoms with Crippen LogP contribution >= 0.6 is 55.1 Å². The number of alkyl halides is 2. The van der Waals surface area contributed by atoms with E-state index in [1.165, 1.54) is 16.7 Å². The summed E-state index contributed by atoms with van der Waals surface area (Å²) in [6.07, 6.45) is 1.65. The zero-order chi connectivity index (χ0) is 17.4. The molecule has 0 saturated heterocycles. The van der Waals surface area contributed by atoms with Crippen molar-refractivity contribution in [3.05, 3.63) is 80.8 Å². The normalized spacial score (nSPS) is 11.5. The van der Waals surface area contributed by atoms with Gasteiger partial charge in [0.05, 0.1) is 5.33 Å². The average Bonchev–Trinajstić information content (AvgIpc) is 2.60. The monoisotopic (exact) mass is 484 g/mol. The molecule has 2 rings (SSSR count). The lowest BCUT2D eigenvalue weighted by molar-refractivity contribution is 1.08. The largest absolute Gasteiger partial charge is 0.0879 e. The molecule has 0 aromatic heterocycles. The second kappa shape index (κ2) is 10.3. The van der Waals surface area contributed by atoms with Gasteiger partial charge >= 0.3 is 0 Å². The van der Waals surface area contributed by atoms with E-state index in [0.717, 1.165) is 33.8 Å². The molecule has 0 atom stereocenters. The van der Waals surface area contributed by atoms with Gasteiger partial charge in [0.15, 0.2) is 0 Å². The van der Waals surface area contributed by atoms with Crippen LogP contribution in [0.15, 0.2) is 59.7 Å². The molecule has 24 heavy (non-hydrogen) atoms. The highest BCUT2D eigenvalue weighted by Crippen LogP contribution is 2.20. The number of benzene rings is 2.